The van der Waals surface area contributed by atoms with Gasteiger partial charge in [0.25, 0.3) is 0 Å². The van der Waals surface area contributed by atoms with E-state index in [-0.39, 0.29) is 0 Å². The van der Waals surface area contributed by atoms with Gasteiger partial charge in [0.2, 0.25) is 0 Å². The fourth-order valence-corrected chi connectivity index (χ4v) is 6.53. The van der Waals surface area contributed by atoms with Gasteiger partial charge in [0.15, 0.2) is 5.84 Å². The molecular weight excluding hydrogens is 448 g/mol. The van der Waals surface area contributed by atoms with Gasteiger partial charge in [-0.2, -0.15) is 0 Å². The smallest absolute Gasteiger partial charge is 0.157 e. The quantitative estimate of drug-likeness (QED) is 0.508. The molecule has 1 N–H and O–H groups in total. The minimum Gasteiger partial charge on any atom is -0.497 e. The maximum Gasteiger partial charge on any atom is 0.157 e. The number of piperazine rings is 1. The van der Waals surface area contributed by atoms with Crippen molar-refractivity contribution >= 4 is 34.6 Å². The van der Waals surface area contributed by atoms with Gasteiger partial charge in [-0.05, 0) is 42.7 Å². The highest BCUT2D eigenvalue weighted by Gasteiger charge is 2.29. The predicted octanol–water partition coefficient (Wildman–Crippen LogP) is 5.72. The van der Waals surface area contributed by atoms with Crippen molar-refractivity contribution in [3.05, 3.63) is 64.8 Å². The molecule has 33 heavy (non-hydrogen) atoms. The number of para-hydroxylation sites is 1. The van der Waals surface area contributed by atoms with Gasteiger partial charge in [-0.15, -0.1) is 11.3 Å². The van der Waals surface area contributed by atoms with Crippen LogP contribution in [0.4, 0.5) is 5.69 Å². The predicted molar refractivity (Wildman–Crippen MR) is 138 cm³/mol. The number of hydrogen-bond donors (Lipinski definition) is 1. The fraction of sp³-hybridized carbons (Fsp3) is 0.385. The summed E-state index contributed by atoms with van der Waals surface area (Å²) in [6.07, 6.45) is 2.13. The van der Waals surface area contributed by atoms with Crippen LogP contribution in [-0.2, 0) is 6.42 Å². The zero-order chi connectivity index (χ0) is 22.8. The zero-order valence-corrected chi connectivity index (χ0v) is 21.0. The van der Waals surface area contributed by atoms with Crippen molar-refractivity contribution in [3.8, 4) is 5.75 Å². The maximum absolute atomic E-state index is 5.29. The van der Waals surface area contributed by atoms with Gasteiger partial charge in [0.1, 0.15) is 11.4 Å². The van der Waals surface area contributed by atoms with Crippen molar-refractivity contribution in [3.63, 3.8) is 0 Å². The molecule has 0 aliphatic carbocycles. The van der Waals surface area contributed by atoms with E-state index in [1.807, 2.05) is 35.2 Å². The zero-order valence-electron chi connectivity index (χ0n) is 19.4. The molecule has 1 aromatic heterocycles. The molecule has 0 amide bonds. The summed E-state index contributed by atoms with van der Waals surface area (Å²) in [7, 11) is 1.71. The van der Waals surface area contributed by atoms with E-state index in [1.54, 1.807) is 7.11 Å². The van der Waals surface area contributed by atoms with E-state index < -0.39 is 0 Å². The monoisotopic (exact) mass is 478 g/mol. The van der Waals surface area contributed by atoms with Crippen molar-refractivity contribution < 1.29 is 4.74 Å². The summed E-state index contributed by atoms with van der Waals surface area (Å²) >= 11 is 3.63. The molecule has 0 saturated carbocycles. The van der Waals surface area contributed by atoms with Crippen molar-refractivity contribution in [2.24, 2.45) is 4.99 Å². The Morgan fingerprint density at radius 3 is 2.76 bits per heavy atom. The van der Waals surface area contributed by atoms with Crippen molar-refractivity contribution in [1.29, 1.82) is 0 Å². The number of aliphatic imine (C=N–C) groups is 1. The number of hydrogen-bond acceptors (Lipinski definition) is 7. The number of aryl methyl sites for hydroxylation is 1. The van der Waals surface area contributed by atoms with Crippen LogP contribution < -0.4 is 10.1 Å². The molecule has 2 aromatic carbocycles. The van der Waals surface area contributed by atoms with Gasteiger partial charge >= 0.3 is 0 Å². The van der Waals surface area contributed by atoms with Crippen LogP contribution in [0.5, 0.6) is 5.75 Å². The lowest BCUT2D eigenvalue weighted by atomic mass is 10.0. The summed E-state index contributed by atoms with van der Waals surface area (Å²) in [5, 5.41) is 4.90. The van der Waals surface area contributed by atoms with Gasteiger partial charge in [0, 0.05) is 36.5 Å². The molecule has 1 atom stereocenters. The average molecular weight is 479 g/mol. The number of fused-ring (bicyclic) bond motifs is 2. The van der Waals surface area contributed by atoms with Crippen LogP contribution in [0, 0.1) is 0 Å². The number of ether oxygens (including phenoxy) is 1. The molecule has 7 heteroatoms. The Bertz CT molecular complexity index is 1140. The van der Waals surface area contributed by atoms with Gasteiger partial charge in [-0.1, -0.05) is 49.9 Å². The fourth-order valence-electron chi connectivity index (χ4n) is 4.25. The second kappa shape index (κ2) is 9.87. The van der Waals surface area contributed by atoms with Crippen LogP contribution in [0.3, 0.4) is 0 Å². The first kappa shape index (κ1) is 22.4. The van der Waals surface area contributed by atoms with Crippen LogP contribution in [0.2, 0.25) is 0 Å². The average Bonchev–Trinajstić information content (AvgIpc) is 3.20. The number of methoxy groups -OCH3 is 1. The van der Waals surface area contributed by atoms with E-state index >= 15 is 0 Å². The van der Waals surface area contributed by atoms with Crippen molar-refractivity contribution in [1.82, 2.24) is 15.2 Å². The SMILES string of the molecule is COc1ccc(CC[C@H]2CN(C3=Nc4ccccc4Sc4sc(C(C)C)nc43)CCN2)cc1. The second-order valence-electron chi connectivity index (χ2n) is 8.83. The van der Waals surface area contributed by atoms with E-state index in [9.17, 15) is 0 Å². The summed E-state index contributed by atoms with van der Waals surface area (Å²) in [6.45, 7) is 7.27. The summed E-state index contributed by atoms with van der Waals surface area (Å²) in [5.74, 6) is 2.35. The molecule has 3 aromatic rings. The highest BCUT2D eigenvalue weighted by Crippen LogP contribution is 2.44. The van der Waals surface area contributed by atoms with Gasteiger partial charge in [-0.3, -0.25) is 0 Å². The molecule has 172 valence electrons. The third-order valence-electron chi connectivity index (χ3n) is 6.11. The summed E-state index contributed by atoms with van der Waals surface area (Å²) in [4.78, 5) is 13.9. The van der Waals surface area contributed by atoms with E-state index in [1.165, 1.54) is 19.7 Å². The number of nitrogens with zero attached hydrogens (tertiary/aromatic N) is 3. The van der Waals surface area contributed by atoms with Crippen LogP contribution in [0.1, 0.15) is 42.5 Å². The normalized spacial score (nSPS) is 17.9. The van der Waals surface area contributed by atoms with Crippen LogP contribution in [0.25, 0.3) is 0 Å². The minimum atomic E-state index is 0.416. The molecule has 0 bridgehead atoms. The number of rotatable bonds is 5. The Labute approximate surface area is 204 Å². The highest BCUT2D eigenvalue weighted by molar-refractivity contribution is 8.01. The van der Waals surface area contributed by atoms with Gasteiger partial charge in [-0.25, -0.2) is 9.98 Å². The van der Waals surface area contributed by atoms with Gasteiger partial charge < -0.3 is 15.0 Å². The van der Waals surface area contributed by atoms with Crippen LogP contribution in [0.15, 0.2) is 62.6 Å². The molecule has 5 nitrogen and oxygen atoms in total. The maximum atomic E-state index is 5.29. The number of aromatic nitrogens is 1. The Morgan fingerprint density at radius 2 is 1.97 bits per heavy atom. The lowest BCUT2D eigenvalue weighted by Gasteiger charge is -2.35. The van der Waals surface area contributed by atoms with E-state index in [0.29, 0.717) is 12.0 Å². The number of amidine groups is 1. The topological polar surface area (TPSA) is 49.8 Å². The summed E-state index contributed by atoms with van der Waals surface area (Å²) in [6, 6.07) is 17.3. The molecule has 1 saturated heterocycles. The molecule has 0 spiro atoms. The lowest BCUT2D eigenvalue weighted by Crippen LogP contribution is -2.53. The standard InChI is InChI=1S/C26H30N4OS2/c1-17(2)25-29-23-24(28-21-6-4-5-7-22(21)32-26(23)33-25)30-15-14-27-19(16-30)11-8-18-9-12-20(31-3)13-10-18/h4-7,9-10,12-13,17,19,27H,8,11,14-16H2,1-3H3/t19-/m0/s1. The molecule has 3 heterocycles. The Morgan fingerprint density at radius 1 is 1.15 bits per heavy atom. The highest BCUT2D eigenvalue weighted by atomic mass is 32.2. The van der Waals surface area contributed by atoms with E-state index in [0.717, 1.165) is 55.4 Å². The molecule has 1 fully saturated rings. The number of thiazole rings is 1. The Balaban J connectivity index is 1.38. The molecule has 2 aliphatic heterocycles. The largest absolute Gasteiger partial charge is 0.497 e. The van der Waals surface area contributed by atoms with E-state index in [4.69, 9.17) is 14.7 Å². The molecular formula is C26H30N4OS2. The number of benzene rings is 2. The number of nitrogens with one attached hydrogen (secondary N) is 1. The lowest BCUT2D eigenvalue weighted by molar-refractivity contribution is 0.281. The first-order valence-electron chi connectivity index (χ1n) is 11.6. The second-order valence-corrected chi connectivity index (χ2v) is 11.2. The van der Waals surface area contributed by atoms with Crippen LogP contribution >= 0.6 is 23.1 Å². The van der Waals surface area contributed by atoms with Crippen LogP contribution in [-0.4, -0.2) is 48.5 Å². The van der Waals surface area contributed by atoms with Crippen molar-refractivity contribution in [2.75, 3.05) is 26.7 Å². The summed E-state index contributed by atoms with van der Waals surface area (Å²) in [5.41, 5.74) is 3.44. The van der Waals surface area contributed by atoms with Gasteiger partial charge in [0.05, 0.1) is 22.0 Å². The molecule has 0 radical (unpaired) electrons. The van der Waals surface area contributed by atoms with E-state index in [2.05, 4.69) is 60.5 Å². The first-order chi connectivity index (χ1) is 16.1. The summed E-state index contributed by atoms with van der Waals surface area (Å²) < 4.78 is 6.55. The third-order valence-corrected chi connectivity index (χ3v) is 8.70. The Hall–Kier alpha value is -2.35. The molecule has 2 aliphatic rings. The minimum absolute atomic E-state index is 0.416. The molecule has 5 rings (SSSR count). The molecule has 0 unspecified atom stereocenters. The third kappa shape index (κ3) is 4.95. The first-order valence-corrected chi connectivity index (χ1v) is 13.2. The Kier molecular flexibility index (Phi) is 6.71. The van der Waals surface area contributed by atoms with Crippen molar-refractivity contribution in [2.45, 2.75) is 47.8 Å².